The molecule has 28 heavy (non-hydrogen) atoms. The molecule has 3 aromatic carbocycles. The van der Waals surface area contributed by atoms with Crippen LogP contribution in [0.5, 0.6) is 0 Å². The normalized spacial score (nSPS) is 11.9. The number of nitrogens with one attached hydrogen (secondary N) is 1. The zero-order valence-corrected chi connectivity index (χ0v) is 15.2. The van der Waals surface area contributed by atoms with Gasteiger partial charge >= 0.3 is 5.97 Å². The number of allylic oxidation sites excluding steroid dienone is 1. The first kappa shape index (κ1) is 19.1. The summed E-state index contributed by atoms with van der Waals surface area (Å²) in [4.78, 5) is 22.7. The van der Waals surface area contributed by atoms with Gasteiger partial charge in [-0.15, -0.1) is 0 Å². The second kappa shape index (κ2) is 7.53. The third kappa shape index (κ3) is 4.18. The summed E-state index contributed by atoms with van der Waals surface area (Å²) in [6.45, 7) is 0. The maximum Gasteiger partial charge on any atom is 0.371 e. The van der Waals surface area contributed by atoms with Crippen LogP contribution in [0.1, 0.15) is 10.4 Å². The molecule has 0 unspecified atom stereocenters. The number of fused-ring (bicyclic) bond motifs is 1. The summed E-state index contributed by atoms with van der Waals surface area (Å²) in [7, 11) is -3.90. The maximum atomic E-state index is 12.7. The van der Waals surface area contributed by atoms with Crippen molar-refractivity contribution in [3.8, 4) is 0 Å². The van der Waals surface area contributed by atoms with Crippen molar-refractivity contribution >= 4 is 38.2 Å². The Bertz CT molecular complexity index is 1210. The molecule has 0 atom stereocenters. The molecule has 0 fully saturated rings. The fraction of sp³-hybridized carbons (Fsp3) is 0. The van der Waals surface area contributed by atoms with Gasteiger partial charge in [-0.1, -0.05) is 42.5 Å². The SMILES string of the molecule is O=C(O)C(O)=CC(=O)c1cccc(NS(=O)(=O)c2ccc3ccccc3c2)c1. The quantitative estimate of drug-likeness (QED) is 0.333. The van der Waals surface area contributed by atoms with Crippen LogP contribution in [-0.2, 0) is 14.8 Å². The lowest BCUT2D eigenvalue weighted by atomic mass is 10.1. The van der Waals surface area contributed by atoms with Gasteiger partial charge in [0.2, 0.25) is 5.76 Å². The van der Waals surface area contributed by atoms with Gasteiger partial charge in [-0.05, 0) is 35.0 Å². The monoisotopic (exact) mass is 397 g/mol. The molecule has 0 aromatic heterocycles. The van der Waals surface area contributed by atoms with Crippen LogP contribution in [0, 0.1) is 0 Å². The van der Waals surface area contributed by atoms with E-state index in [1.165, 1.54) is 30.3 Å². The van der Waals surface area contributed by atoms with Crippen molar-refractivity contribution in [2.75, 3.05) is 4.72 Å². The van der Waals surface area contributed by atoms with Crippen molar-refractivity contribution in [1.29, 1.82) is 0 Å². The fourth-order valence-electron chi connectivity index (χ4n) is 2.55. The minimum atomic E-state index is -3.90. The molecule has 0 amide bonds. The highest BCUT2D eigenvalue weighted by atomic mass is 32.2. The fourth-order valence-corrected chi connectivity index (χ4v) is 3.64. The minimum absolute atomic E-state index is 0.0199. The Morgan fingerprint density at radius 1 is 0.857 bits per heavy atom. The molecule has 0 spiro atoms. The highest BCUT2D eigenvalue weighted by Gasteiger charge is 2.16. The number of hydrogen-bond donors (Lipinski definition) is 3. The molecule has 7 nitrogen and oxygen atoms in total. The summed E-state index contributed by atoms with van der Waals surface area (Å²) in [5.41, 5.74) is 0.147. The van der Waals surface area contributed by atoms with Crippen LogP contribution in [-0.4, -0.2) is 30.4 Å². The number of carboxylic acid groups (broad SMARTS) is 1. The maximum absolute atomic E-state index is 12.7. The summed E-state index contributed by atoms with van der Waals surface area (Å²) >= 11 is 0. The van der Waals surface area contributed by atoms with Crippen molar-refractivity contribution in [1.82, 2.24) is 0 Å². The highest BCUT2D eigenvalue weighted by molar-refractivity contribution is 7.92. The predicted octanol–water partition coefficient (Wildman–Crippen LogP) is 3.35. The summed E-state index contributed by atoms with van der Waals surface area (Å²) in [5.74, 6) is -3.51. The Morgan fingerprint density at radius 2 is 1.57 bits per heavy atom. The van der Waals surface area contributed by atoms with Crippen LogP contribution >= 0.6 is 0 Å². The molecule has 0 aliphatic carbocycles. The summed E-state index contributed by atoms with van der Waals surface area (Å²) in [6, 6.07) is 17.6. The number of aliphatic carboxylic acids is 1. The molecule has 3 N–H and O–H groups in total. The molecular formula is C20H15NO6S. The lowest BCUT2D eigenvalue weighted by Gasteiger charge is -2.10. The van der Waals surface area contributed by atoms with Gasteiger partial charge < -0.3 is 10.2 Å². The van der Waals surface area contributed by atoms with E-state index >= 15 is 0 Å². The number of benzene rings is 3. The van der Waals surface area contributed by atoms with E-state index in [0.717, 1.165) is 10.8 Å². The van der Waals surface area contributed by atoms with E-state index in [1.54, 1.807) is 24.3 Å². The lowest BCUT2D eigenvalue weighted by Crippen LogP contribution is -2.13. The number of sulfonamides is 1. The number of carbonyl (C=O) groups excluding carboxylic acids is 1. The second-order valence-corrected chi connectivity index (χ2v) is 7.58. The molecule has 8 heteroatoms. The number of aliphatic hydroxyl groups is 1. The number of aliphatic hydroxyl groups excluding tert-OH is 1. The predicted molar refractivity (Wildman–Crippen MR) is 104 cm³/mol. The molecule has 142 valence electrons. The molecule has 0 heterocycles. The number of ketones is 1. The first-order valence-electron chi connectivity index (χ1n) is 8.06. The molecule has 0 aliphatic rings. The summed E-state index contributed by atoms with van der Waals surface area (Å²) in [5, 5.41) is 19.5. The van der Waals surface area contributed by atoms with Gasteiger partial charge in [0.05, 0.1) is 4.90 Å². The minimum Gasteiger partial charge on any atom is -0.502 e. The van der Waals surface area contributed by atoms with E-state index in [9.17, 15) is 23.1 Å². The first-order valence-corrected chi connectivity index (χ1v) is 9.54. The van der Waals surface area contributed by atoms with Crippen LogP contribution in [0.2, 0.25) is 0 Å². The third-order valence-electron chi connectivity index (χ3n) is 3.92. The third-order valence-corrected chi connectivity index (χ3v) is 5.30. The van der Waals surface area contributed by atoms with Crippen molar-refractivity contribution < 1.29 is 28.2 Å². The van der Waals surface area contributed by atoms with Gasteiger partial charge in [-0.2, -0.15) is 0 Å². The molecular weight excluding hydrogens is 382 g/mol. The molecule has 0 saturated heterocycles. The van der Waals surface area contributed by atoms with Crippen molar-refractivity contribution in [3.63, 3.8) is 0 Å². The van der Waals surface area contributed by atoms with E-state index in [1.807, 2.05) is 12.1 Å². The van der Waals surface area contributed by atoms with Gasteiger partial charge in [0.15, 0.2) is 5.78 Å². The average molecular weight is 397 g/mol. The molecule has 0 saturated carbocycles. The molecule has 0 aliphatic heterocycles. The van der Waals surface area contributed by atoms with Crippen LogP contribution < -0.4 is 4.72 Å². The van der Waals surface area contributed by atoms with E-state index in [-0.39, 0.29) is 16.1 Å². The van der Waals surface area contributed by atoms with Crippen LogP contribution in [0.25, 0.3) is 10.8 Å². The topological polar surface area (TPSA) is 121 Å². The number of carbonyl (C=O) groups is 2. The van der Waals surface area contributed by atoms with E-state index in [2.05, 4.69) is 4.72 Å². The van der Waals surface area contributed by atoms with Crippen LogP contribution in [0.15, 0.2) is 83.5 Å². The number of hydrogen-bond acceptors (Lipinski definition) is 5. The first-order chi connectivity index (χ1) is 13.3. The van der Waals surface area contributed by atoms with Gasteiger partial charge in [-0.25, -0.2) is 13.2 Å². The number of carboxylic acids is 1. The standard InChI is InChI=1S/C20H15NO6S/c22-18(12-19(23)20(24)25)15-6-3-7-16(10-15)21-28(26,27)17-9-8-13-4-1-2-5-14(13)11-17/h1-12,21,23H,(H,24,25). The number of rotatable bonds is 6. The molecule has 3 aromatic rings. The lowest BCUT2D eigenvalue weighted by molar-refractivity contribution is -0.135. The highest BCUT2D eigenvalue weighted by Crippen LogP contribution is 2.22. The van der Waals surface area contributed by atoms with Crippen molar-refractivity contribution in [2.24, 2.45) is 0 Å². The second-order valence-electron chi connectivity index (χ2n) is 5.89. The van der Waals surface area contributed by atoms with Gasteiger partial charge in [0, 0.05) is 17.3 Å². The molecule has 0 bridgehead atoms. The Labute approximate surface area is 160 Å². The van der Waals surface area contributed by atoms with Gasteiger partial charge in [0.1, 0.15) is 0 Å². The van der Waals surface area contributed by atoms with E-state index < -0.39 is 27.5 Å². The largest absolute Gasteiger partial charge is 0.502 e. The Hall–Kier alpha value is -3.65. The van der Waals surface area contributed by atoms with E-state index in [0.29, 0.717) is 6.08 Å². The Balaban J connectivity index is 1.89. The molecule has 0 radical (unpaired) electrons. The van der Waals surface area contributed by atoms with Crippen molar-refractivity contribution in [2.45, 2.75) is 4.90 Å². The van der Waals surface area contributed by atoms with Gasteiger partial charge in [0.25, 0.3) is 10.0 Å². The van der Waals surface area contributed by atoms with Crippen LogP contribution in [0.3, 0.4) is 0 Å². The summed E-state index contributed by atoms with van der Waals surface area (Å²) < 4.78 is 27.7. The van der Waals surface area contributed by atoms with Crippen LogP contribution in [0.4, 0.5) is 5.69 Å². The number of anilines is 1. The molecule has 3 rings (SSSR count). The Kier molecular flexibility index (Phi) is 5.14. The summed E-state index contributed by atoms with van der Waals surface area (Å²) in [6.07, 6.45) is 0.555. The zero-order valence-electron chi connectivity index (χ0n) is 14.4. The Morgan fingerprint density at radius 3 is 2.29 bits per heavy atom. The van der Waals surface area contributed by atoms with E-state index in [4.69, 9.17) is 5.11 Å². The average Bonchev–Trinajstić information content (AvgIpc) is 2.67. The smallest absolute Gasteiger partial charge is 0.371 e. The zero-order chi connectivity index (χ0) is 20.3. The van der Waals surface area contributed by atoms with Gasteiger partial charge in [-0.3, -0.25) is 9.52 Å². The van der Waals surface area contributed by atoms with Crippen molar-refractivity contribution in [3.05, 3.63) is 84.1 Å².